The largest absolute Gasteiger partial charge is 0.364 e. The summed E-state index contributed by atoms with van der Waals surface area (Å²) in [5, 5.41) is 16.7. The first-order valence-electron chi connectivity index (χ1n) is 10.2. The van der Waals surface area contributed by atoms with Gasteiger partial charge in [-0.3, -0.25) is 24.8 Å². The number of aromatic amines is 1. The van der Waals surface area contributed by atoms with Crippen molar-refractivity contribution in [3.05, 3.63) is 46.1 Å². The van der Waals surface area contributed by atoms with Gasteiger partial charge in [0, 0.05) is 37.2 Å². The molecule has 1 aromatic heterocycles. The molecule has 0 radical (unpaired) electrons. The maximum atomic E-state index is 12.8. The lowest BCUT2D eigenvalue weighted by atomic mass is 10.0. The van der Waals surface area contributed by atoms with Crippen LogP contribution < -0.4 is 16.0 Å². The normalized spacial score (nSPS) is 22.1. The lowest BCUT2D eigenvalue weighted by Gasteiger charge is -2.29. The fraction of sp³-hybridized carbons (Fsp3) is 0.429. The van der Waals surface area contributed by atoms with Gasteiger partial charge in [0.25, 0.3) is 5.91 Å². The highest BCUT2D eigenvalue weighted by molar-refractivity contribution is 6.05. The molecule has 3 aliphatic heterocycles. The molecule has 4 N–H and O–H groups in total. The third-order valence-corrected chi connectivity index (χ3v) is 6.25. The van der Waals surface area contributed by atoms with Crippen LogP contribution in [-0.2, 0) is 34.8 Å². The number of H-pyrrole nitrogens is 1. The first-order chi connectivity index (χ1) is 14.3. The van der Waals surface area contributed by atoms with Gasteiger partial charge in [0.05, 0.1) is 11.2 Å². The lowest BCUT2D eigenvalue weighted by Crippen LogP contribution is -2.52. The van der Waals surface area contributed by atoms with E-state index in [2.05, 4.69) is 40.0 Å². The van der Waals surface area contributed by atoms with E-state index in [0.29, 0.717) is 25.1 Å². The Labute approximate surface area is 173 Å². The van der Waals surface area contributed by atoms with Gasteiger partial charge in [-0.25, -0.2) is 0 Å². The maximum Gasteiger partial charge on any atom is 0.255 e. The summed E-state index contributed by atoms with van der Waals surface area (Å²) in [6.07, 6.45) is 0.624. The molecular weight excluding hydrogens is 384 g/mol. The first-order valence-corrected chi connectivity index (χ1v) is 10.2. The van der Waals surface area contributed by atoms with Crippen molar-refractivity contribution >= 4 is 23.5 Å². The van der Waals surface area contributed by atoms with E-state index in [0.717, 1.165) is 34.7 Å². The molecule has 0 aliphatic carbocycles. The highest BCUT2D eigenvalue weighted by Crippen LogP contribution is 2.33. The van der Waals surface area contributed by atoms with Gasteiger partial charge in [0.1, 0.15) is 6.04 Å². The Kier molecular flexibility index (Phi) is 4.18. The summed E-state index contributed by atoms with van der Waals surface area (Å²) in [7, 11) is 0. The molecule has 0 spiro atoms. The van der Waals surface area contributed by atoms with E-state index in [1.54, 1.807) is 4.90 Å². The molecule has 3 aliphatic rings. The third kappa shape index (κ3) is 2.97. The molecule has 0 saturated carbocycles. The van der Waals surface area contributed by atoms with Crippen molar-refractivity contribution in [2.45, 2.75) is 57.9 Å². The fourth-order valence-corrected chi connectivity index (χ4v) is 4.52. The Bertz CT molecular complexity index is 1070. The van der Waals surface area contributed by atoms with Crippen molar-refractivity contribution in [2.24, 2.45) is 0 Å². The van der Waals surface area contributed by atoms with Gasteiger partial charge < -0.3 is 15.5 Å². The Hall–Kier alpha value is -3.20. The third-order valence-electron chi connectivity index (χ3n) is 6.25. The average molecular weight is 408 g/mol. The topological polar surface area (TPSA) is 119 Å². The van der Waals surface area contributed by atoms with E-state index in [-0.39, 0.29) is 23.8 Å². The molecule has 0 bridgehead atoms. The van der Waals surface area contributed by atoms with Crippen LogP contribution in [0.4, 0.5) is 5.82 Å². The molecule has 1 saturated heterocycles. The van der Waals surface area contributed by atoms with Crippen LogP contribution >= 0.6 is 0 Å². The molecule has 1 atom stereocenters. The Balaban J connectivity index is 1.29. The second-order valence-electron chi connectivity index (χ2n) is 8.65. The van der Waals surface area contributed by atoms with Crippen LogP contribution in [0.15, 0.2) is 18.2 Å². The van der Waals surface area contributed by atoms with Crippen molar-refractivity contribution in [1.29, 1.82) is 0 Å². The molecule has 1 unspecified atom stereocenters. The Morgan fingerprint density at radius 3 is 2.90 bits per heavy atom. The van der Waals surface area contributed by atoms with Crippen LogP contribution in [0.3, 0.4) is 0 Å². The first kappa shape index (κ1) is 18.8. The molecule has 9 nitrogen and oxygen atoms in total. The number of aromatic nitrogens is 2. The number of nitrogens with one attached hydrogen (secondary N) is 4. The van der Waals surface area contributed by atoms with Gasteiger partial charge in [-0.15, -0.1) is 0 Å². The van der Waals surface area contributed by atoms with Crippen molar-refractivity contribution in [3.63, 3.8) is 0 Å². The van der Waals surface area contributed by atoms with E-state index in [1.807, 2.05) is 18.2 Å². The minimum Gasteiger partial charge on any atom is -0.364 e. The minimum absolute atomic E-state index is 0.115. The van der Waals surface area contributed by atoms with Crippen LogP contribution in [0.5, 0.6) is 0 Å². The summed E-state index contributed by atoms with van der Waals surface area (Å²) in [6, 6.07) is 5.15. The van der Waals surface area contributed by atoms with Crippen molar-refractivity contribution in [1.82, 2.24) is 25.7 Å². The second kappa shape index (κ2) is 6.66. The van der Waals surface area contributed by atoms with Crippen LogP contribution in [0, 0.1) is 0 Å². The predicted molar refractivity (Wildman–Crippen MR) is 108 cm³/mol. The number of nitrogens with zero attached hydrogens (tertiary/aromatic N) is 2. The zero-order chi connectivity index (χ0) is 21.0. The van der Waals surface area contributed by atoms with Gasteiger partial charge in [0.15, 0.2) is 5.82 Å². The summed E-state index contributed by atoms with van der Waals surface area (Å²) in [6.45, 7) is 5.96. The van der Waals surface area contributed by atoms with Crippen LogP contribution in [0.25, 0.3) is 0 Å². The molecular formula is C21H24N6O3. The lowest BCUT2D eigenvalue weighted by molar-refractivity contribution is -0.136. The molecule has 30 heavy (non-hydrogen) atoms. The van der Waals surface area contributed by atoms with Crippen molar-refractivity contribution in [2.75, 3.05) is 5.32 Å². The molecule has 2 aromatic rings. The van der Waals surface area contributed by atoms with Gasteiger partial charge >= 0.3 is 0 Å². The van der Waals surface area contributed by atoms with Gasteiger partial charge in [0.2, 0.25) is 11.8 Å². The molecule has 1 aromatic carbocycles. The number of fused-ring (bicyclic) bond motifs is 2. The number of imide groups is 1. The van der Waals surface area contributed by atoms with E-state index in [9.17, 15) is 14.4 Å². The smallest absolute Gasteiger partial charge is 0.255 e. The number of benzene rings is 1. The maximum absolute atomic E-state index is 12.8. The molecule has 5 rings (SSSR count). The number of rotatable bonds is 4. The van der Waals surface area contributed by atoms with Crippen LogP contribution in [0.1, 0.15) is 59.4 Å². The average Bonchev–Trinajstić information content (AvgIpc) is 3.35. The molecule has 156 valence electrons. The summed E-state index contributed by atoms with van der Waals surface area (Å²) >= 11 is 0. The van der Waals surface area contributed by atoms with Crippen molar-refractivity contribution in [3.8, 4) is 0 Å². The van der Waals surface area contributed by atoms with E-state index < -0.39 is 11.9 Å². The standard InChI is InChI=1S/C21H24N6O3/c1-21(2)17-14(9-23-21)18(26-25-17)22-8-11-3-4-13-12(7-11)10-27(20(13)30)15-5-6-16(28)24-19(15)29/h3-4,7,15,23H,5-6,8-10H2,1-2H3,(H2,22,25,26)(H,24,28,29). The Morgan fingerprint density at radius 1 is 1.27 bits per heavy atom. The molecule has 3 amide bonds. The number of anilines is 1. The summed E-state index contributed by atoms with van der Waals surface area (Å²) in [5.74, 6) is 0.0117. The van der Waals surface area contributed by atoms with E-state index in [4.69, 9.17) is 0 Å². The number of amides is 3. The number of hydrogen-bond donors (Lipinski definition) is 4. The zero-order valence-corrected chi connectivity index (χ0v) is 17.0. The van der Waals surface area contributed by atoms with Crippen LogP contribution in [-0.4, -0.2) is 38.9 Å². The number of hydrogen-bond acceptors (Lipinski definition) is 6. The van der Waals surface area contributed by atoms with Gasteiger partial charge in [-0.2, -0.15) is 5.10 Å². The number of carbonyl (C=O) groups excluding carboxylic acids is 3. The quantitative estimate of drug-likeness (QED) is 0.563. The number of piperidine rings is 1. The SMILES string of the molecule is CC1(C)NCc2c(NCc3ccc4c(c3)CN(C3CCC(=O)NC3=O)C4=O)n[nH]c21. The summed E-state index contributed by atoms with van der Waals surface area (Å²) in [5.41, 5.74) is 4.70. The molecule has 4 heterocycles. The monoisotopic (exact) mass is 408 g/mol. The second-order valence-corrected chi connectivity index (χ2v) is 8.65. The number of carbonyl (C=O) groups is 3. The van der Waals surface area contributed by atoms with Gasteiger partial charge in [-0.1, -0.05) is 12.1 Å². The van der Waals surface area contributed by atoms with E-state index >= 15 is 0 Å². The van der Waals surface area contributed by atoms with Crippen molar-refractivity contribution < 1.29 is 14.4 Å². The highest BCUT2D eigenvalue weighted by atomic mass is 16.2. The van der Waals surface area contributed by atoms with Gasteiger partial charge in [-0.05, 0) is 37.5 Å². The molecule has 1 fully saturated rings. The predicted octanol–water partition coefficient (Wildman–Crippen LogP) is 1.12. The van der Waals surface area contributed by atoms with Crippen LogP contribution in [0.2, 0.25) is 0 Å². The summed E-state index contributed by atoms with van der Waals surface area (Å²) < 4.78 is 0. The minimum atomic E-state index is -0.591. The summed E-state index contributed by atoms with van der Waals surface area (Å²) in [4.78, 5) is 37.9. The zero-order valence-electron chi connectivity index (χ0n) is 17.0. The van der Waals surface area contributed by atoms with E-state index in [1.165, 1.54) is 0 Å². The fourth-order valence-electron chi connectivity index (χ4n) is 4.52. The Morgan fingerprint density at radius 2 is 2.10 bits per heavy atom. The highest BCUT2D eigenvalue weighted by Gasteiger charge is 2.39. The molecule has 9 heteroatoms.